The number of hydrogen-bond donors (Lipinski definition) is 9. The lowest BCUT2D eigenvalue weighted by Crippen LogP contribution is -2.65. The second-order valence-electron chi connectivity index (χ2n) is 21.8. The molecule has 0 radical (unpaired) electrons. The highest BCUT2D eigenvalue weighted by atomic mass is 16.7. The Morgan fingerprint density at radius 2 is 0.885 bits per heavy atom. The van der Waals surface area contributed by atoms with Gasteiger partial charge in [0.25, 0.3) is 0 Å². The summed E-state index contributed by atoms with van der Waals surface area (Å²) in [6.07, 6.45) is 48.0. The Bertz CT molecular complexity index is 1580. The van der Waals surface area contributed by atoms with Gasteiger partial charge in [0.15, 0.2) is 12.6 Å². The van der Waals surface area contributed by atoms with Gasteiger partial charge in [-0.05, 0) is 64.2 Å². The Labute approximate surface area is 472 Å². The SMILES string of the molecule is CC/C=C\C/C=C\C/C=C\C/C=C\C/C=C\CCCCCCCCCCCCCCCC(=O)NC(COC1OC(CO)C(OC2OC(CO)C(O)C(O)C2O)C(O)C1O)C(O)/C=C/CCCCCCCCCCCCCCC. The number of aliphatic hydroxyl groups excluding tert-OH is 8. The number of amides is 1. The quantitative estimate of drug-likeness (QED) is 0.0204. The van der Waals surface area contributed by atoms with E-state index in [1.54, 1.807) is 6.08 Å². The van der Waals surface area contributed by atoms with Gasteiger partial charge in [-0.3, -0.25) is 4.79 Å². The Balaban J connectivity index is 1.70. The maximum Gasteiger partial charge on any atom is 0.220 e. The highest BCUT2D eigenvalue weighted by molar-refractivity contribution is 5.76. The standard InChI is InChI=1S/C64H113NO13/c1-3-5-7-9-11-13-15-17-19-20-21-22-23-24-25-26-27-28-29-30-31-32-34-36-38-40-42-44-46-48-56(69)65-52(53(68)47-45-43-41-39-37-35-33-18-16-14-12-10-8-6-4-2)51-75-63-61(74)59(72)62(55(50-67)77-63)78-64-60(73)58(71)57(70)54(49-66)76-64/h5,7,11,13,17,19,21-22,24-25,45,47,52-55,57-64,66-68,70-74H,3-4,6,8-10,12,14-16,18,20,23,26-44,46,48-51H2,1-2H3,(H,65,69)/b7-5-,13-11-,19-17-,22-21-,25-24-,47-45+. The monoisotopic (exact) mass is 1100 g/mol. The fourth-order valence-corrected chi connectivity index (χ4v) is 9.91. The average molecular weight is 1100 g/mol. The number of carbonyl (C=O) groups excluding carboxylic acids is 1. The normalized spacial score (nSPS) is 25.1. The highest BCUT2D eigenvalue weighted by Crippen LogP contribution is 2.30. The number of nitrogens with one attached hydrogen (secondary N) is 1. The molecule has 2 heterocycles. The van der Waals surface area contributed by atoms with Crippen molar-refractivity contribution >= 4 is 5.91 Å². The molecular weight excluding hydrogens is 991 g/mol. The molecule has 14 heteroatoms. The van der Waals surface area contributed by atoms with Gasteiger partial charge in [0.1, 0.15) is 48.8 Å². The molecule has 2 fully saturated rings. The van der Waals surface area contributed by atoms with E-state index in [2.05, 4.69) is 79.9 Å². The first-order chi connectivity index (χ1) is 38.1. The van der Waals surface area contributed by atoms with Crippen LogP contribution in [0.3, 0.4) is 0 Å². The zero-order valence-electron chi connectivity index (χ0n) is 48.6. The minimum absolute atomic E-state index is 0.243. The summed E-state index contributed by atoms with van der Waals surface area (Å²) in [5.41, 5.74) is 0. The van der Waals surface area contributed by atoms with Crippen molar-refractivity contribution in [3.05, 3.63) is 72.9 Å². The summed E-state index contributed by atoms with van der Waals surface area (Å²) < 4.78 is 22.8. The van der Waals surface area contributed by atoms with Crippen LogP contribution in [-0.4, -0.2) is 140 Å². The number of aliphatic hydroxyl groups is 8. The van der Waals surface area contributed by atoms with E-state index in [1.165, 1.54) is 128 Å². The van der Waals surface area contributed by atoms with Crippen molar-refractivity contribution < 1.29 is 64.6 Å². The fourth-order valence-electron chi connectivity index (χ4n) is 9.91. The molecule has 2 aliphatic rings. The van der Waals surface area contributed by atoms with Crippen molar-refractivity contribution in [2.45, 2.75) is 306 Å². The summed E-state index contributed by atoms with van der Waals surface area (Å²) in [5, 5.41) is 87.1. The van der Waals surface area contributed by atoms with Gasteiger partial charge in [-0.2, -0.15) is 0 Å². The summed E-state index contributed by atoms with van der Waals surface area (Å²) in [7, 11) is 0. The van der Waals surface area contributed by atoms with Crippen molar-refractivity contribution in [2.75, 3.05) is 19.8 Å². The van der Waals surface area contributed by atoms with Crippen LogP contribution in [0.1, 0.15) is 232 Å². The molecule has 14 nitrogen and oxygen atoms in total. The van der Waals surface area contributed by atoms with Crippen molar-refractivity contribution in [3.8, 4) is 0 Å². The number of unbranched alkanes of at least 4 members (excludes halogenated alkanes) is 26. The van der Waals surface area contributed by atoms with Crippen LogP contribution in [0, 0.1) is 0 Å². The van der Waals surface area contributed by atoms with Gasteiger partial charge >= 0.3 is 0 Å². The third-order valence-electron chi connectivity index (χ3n) is 14.9. The zero-order chi connectivity index (χ0) is 56.7. The lowest BCUT2D eigenvalue weighted by atomic mass is 9.97. The average Bonchev–Trinajstić information content (AvgIpc) is 3.47. The third-order valence-corrected chi connectivity index (χ3v) is 14.9. The molecular formula is C64H113NO13. The van der Waals surface area contributed by atoms with Gasteiger partial charge in [-0.1, -0.05) is 234 Å². The molecule has 0 spiro atoms. The second kappa shape index (κ2) is 49.1. The predicted octanol–water partition coefficient (Wildman–Crippen LogP) is 11.1. The first-order valence-electron chi connectivity index (χ1n) is 31.2. The zero-order valence-corrected chi connectivity index (χ0v) is 48.6. The van der Waals surface area contributed by atoms with E-state index >= 15 is 0 Å². The van der Waals surface area contributed by atoms with E-state index in [-0.39, 0.29) is 18.9 Å². The molecule has 0 aromatic heterocycles. The minimum Gasteiger partial charge on any atom is -0.394 e. The van der Waals surface area contributed by atoms with Crippen LogP contribution >= 0.6 is 0 Å². The molecule has 0 saturated carbocycles. The van der Waals surface area contributed by atoms with E-state index in [0.717, 1.165) is 77.0 Å². The van der Waals surface area contributed by atoms with E-state index in [0.29, 0.717) is 6.42 Å². The molecule has 1 amide bonds. The molecule has 0 aliphatic carbocycles. The van der Waals surface area contributed by atoms with Gasteiger partial charge in [-0.15, -0.1) is 0 Å². The third kappa shape index (κ3) is 34.0. The Morgan fingerprint density at radius 1 is 0.474 bits per heavy atom. The van der Waals surface area contributed by atoms with E-state index in [1.807, 2.05) is 6.08 Å². The lowest BCUT2D eigenvalue weighted by molar-refractivity contribution is -0.359. The fraction of sp³-hybridized carbons (Fsp3) is 0.797. The topological polar surface area (TPSA) is 228 Å². The first-order valence-corrected chi connectivity index (χ1v) is 31.2. The summed E-state index contributed by atoms with van der Waals surface area (Å²) in [6, 6.07) is -0.918. The van der Waals surface area contributed by atoms with Gasteiger partial charge in [-0.25, -0.2) is 0 Å². The number of hydrogen-bond acceptors (Lipinski definition) is 13. The summed E-state index contributed by atoms with van der Waals surface area (Å²) in [5.74, 6) is -0.243. The molecule has 9 N–H and O–H groups in total. The van der Waals surface area contributed by atoms with Crippen LogP contribution in [0.25, 0.3) is 0 Å². The molecule has 12 unspecified atom stereocenters. The maximum atomic E-state index is 13.3. The summed E-state index contributed by atoms with van der Waals surface area (Å²) in [6.45, 7) is 2.68. The van der Waals surface area contributed by atoms with E-state index < -0.39 is 86.8 Å². The molecule has 452 valence electrons. The molecule has 0 bridgehead atoms. The van der Waals surface area contributed by atoms with Gasteiger partial charge in [0.05, 0.1) is 32.0 Å². The van der Waals surface area contributed by atoms with E-state index in [4.69, 9.17) is 18.9 Å². The van der Waals surface area contributed by atoms with Crippen LogP contribution < -0.4 is 5.32 Å². The van der Waals surface area contributed by atoms with Gasteiger partial charge in [0.2, 0.25) is 5.91 Å². The molecule has 2 saturated heterocycles. The predicted molar refractivity (Wildman–Crippen MR) is 313 cm³/mol. The highest BCUT2D eigenvalue weighted by Gasteiger charge is 2.51. The van der Waals surface area contributed by atoms with Gasteiger partial charge in [0, 0.05) is 6.42 Å². The maximum absolute atomic E-state index is 13.3. The number of allylic oxidation sites excluding steroid dienone is 11. The van der Waals surface area contributed by atoms with Crippen molar-refractivity contribution in [2.24, 2.45) is 0 Å². The van der Waals surface area contributed by atoms with Crippen molar-refractivity contribution in [3.63, 3.8) is 0 Å². The minimum atomic E-state index is -1.79. The molecule has 2 aliphatic heterocycles. The number of ether oxygens (including phenoxy) is 4. The molecule has 2 rings (SSSR count). The largest absolute Gasteiger partial charge is 0.394 e. The first kappa shape index (κ1) is 71.5. The lowest BCUT2D eigenvalue weighted by Gasteiger charge is -2.46. The van der Waals surface area contributed by atoms with Crippen molar-refractivity contribution in [1.29, 1.82) is 0 Å². The van der Waals surface area contributed by atoms with E-state index in [9.17, 15) is 45.6 Å². The summed E-state index contributed by atoms with van der Waals surface area (Å²) in [4.78, 5) is 13.3. The number of rotatable bonds is 49. The molecule has 12 atom stereocenters. The Morgan fingerprint density at radius 3 is 1.36 bits per heavy atom. The van der Waals surface area contributed by atoms with Crippen LogP contribution in [0.2, 0.25) is 0 Å². The number of carbonyl (C=O) groups is 1. The molecule has 0 aromatic carbocycles. The Hall–Kier alpha value is -2.57. The van der Waals surface area contributed by atoms with Crippen LogP contribution in [0.15, 0.2) is 72.9 Å². The van der Waals surface area contributed by atoms with Crippen LogP contribution in [0.4, 0.5) is 0 Å². The molecule has 0 aromatic rings. The second-order valence-corrected chi connectivity index (χ2v) is 21.8. The van der Waals surface area contributed by atoms with Gasteiger partial charge < -0.3 is 65.1 Å². The summed E-state index contributed by atoms with van der Waals surface area (Å²) >= 11 is 0. The van der Waals surface area contributed by atoms with Crippen molar-refractivity contribution in [1.82, 2.24) is 5.32 Å². The van der Waals surface area contributed by atoms with Crippen LogP contribution in [-0.2, 0) is 23.7 Å². The Kier molecular flexibility index (Phi) is 45.0. The van der Waals surface area contributed by atoms with Crippen LogP contribution in [0.5, 0.6) is 0 Å². The smallest absolute Gasteiger partial charge is 0.220 e. The molecule has 78 heavy (non-hydrogen) atoms.